The lowest BCUT2D eigenvalue weighted by Crippen LogP contribution is -2.23. The number of carbonyl (C=O) groups excluding carboxylic acids is 1. The van der Waals surface area contributed by atoms with E-state index < -0.39 is 0 Å². The lowest BCUT2D eigenvalue weighted by molar-refractivity contribution is -0.141. The number of fused-ring (bicyclic) bond motifs is 1. The molecule has 0 spiro atoms. The van der Waals surface area contributed by atoms with E-state index in [0.717, 1.165) is 19.6 Å². The van der Waals surface area contributed by atoms with Crippen molar-refractivity contribution in [1.29, 1.82) is 0 Å². The van der Waals surface area contributed by atoms with Crippen LogP contribution in [-0.2, 0) is 16.1 Å². The lowest BCUT2D eigenvalue weighted by Gasteiger charge is -2.16. The second-order valence-corrected chi connectivity index (χ2v) is 4.68. The van der Waals surface area contributed by atoms with Gasteiger partial charge in [-0.05, 0) is 5.56 Å². The number of esters is 1. The highest BCUT2D eigenvalue weighted by Gasteiger charge is 2.43. The molecular formula is C13H15NO2. The van der Waals surface area contributed by atoms with E-state index >= 15 is 0 Å². The molecule has 1 unspecified atom stereocenters. The molecule has 2 aliphatic rings. The molecule has 3 rings (SSSR count). The summed E-state index contributed by atoms with van der Waals surface area (Å²) >= 11 is 0. The third-order valence-electron chi connectivity index (χ3n) is 3.51. The number of cyclic esters (lactones) is 1. The molecule has 2 saturated heterocycles. The Hall–Kier alpha value is -1.35. The van der Waals surface area contributed by atoms with Gasteiger partial charge in [0.2, 0.25) is 0 Å². The molecule has 0 N–H and O–H groups in total. The highest BCUT2D eigenvalue weighted by atomic mass is 16.5. The first kappa shape index (κ1) is 9.85. The topological polar surface area (TPSA) is 29.5 Å². The van der Waals surface area contributed by atoms with Gasteiger partial charge in [-0.25, -0.2) is 0 Å². The van der Waals surface area contributed by atoms with Crippen molar-refractivity contribution >= 4 is 5.97 Å². The average molecular weight is 217 g/mol. The van der Waals surface area contributed by atoms with Crippen molar-refractivity contribution < 1.29 is 9.53 Å². The van der Waals surface area contributed by atoms with Crippen LogP contribution in [0, 0.1) is 11.8 Å². The summed E-state index contributed by atoms with van der Waals surface area (Å²) in [6, 6.07) is 10.4. The molecule has 0 aliphatic carbocycles. The summed E-state index contributed by atoms with van der Waals surface area (Å²) in [4.78, 5) is 13.8. The first-order valence-electron chi connectivity index (χ1n) is 5.76. The van der Waals surface area contributed by atoms with Crippen LogP contribution in [0.2, 0.25) is 0 Å². The van der Waals surface area contributed by atoms with Crippen LogP contribution in [0.4, 0.5) is 0 Å². The Morgan fingerprint density at radius 3 is 2.81 bits per heavy atom. The van der Waals surface area contributed by atoms with Gasteiger partial charge in [0.15, 0.2) is 0 Å². The monoisotopic (exact) mass is 217 g/mol. The minimum absolute atomic E-state index is 0.000520. The van der Waals surface area contributed by atoms with Gasteiger partial charge < -0.3 is 4.74 Å². The van der Waals surface area contributed by atoms with E-state index in [1.54, 1.807) is 0 Å². The lowest BCUT2D eigenvalue weighted by atomic mass is 10.0. The van der Waals surface area contributed by atoms with Gasteiger partial charge in [-0.2, -0.15) is 0 Å². The van der Waals surface area contributed by atoms with Gasteiger partial charge in [-0.3, -0.25) is 9.69 Å². The van der Waals surface area contributed by atoms with Gasteiger partial charge in [0.05, 0.1) is 12.5 Å². The molecule has 3 nitrogen and oxygen atoms in total. The van der Waals surface area contributed by atoms with Crippen LogP contribution >= 0.6 is 0 Å². The number of rotatable bonds is 2. The van der Waals surface area contributed by atoms with Gasteiger partial charge in [0, 0.05) is 25.6 Å². The summed E-state index contributed by atoms with van der Waals surface area (Å²) in [5.41, 5.74) is 1.32. The van der Waals surface area contributed by atoms with E-state index in [9.17, 15) is 4.79 Å². The summed E-state index contributed by atoms with van der Waals surface area (Å²) < 4.78 is 5.05. The van der Waals surface area contributed by atoms with Crippen molar-refractivity contribution in [2.24, 2.45) is 11.8 Å². The fraction of sp³-hybridized carbons (Fsp3) is 0.462. The van der Waals surface area contributed by atoms with Crippen LogP contribution in [0.3, 0.4) is 0 Å². The Morgan fingerprint density at radius 1 is 1.25 bits per heavy atom. The van der Waals surface area contributed by atoms with Crippen LogP contribution in [0.25, 0.3) is 0 Å². The first-order chi connectivity index (χ1) is 7.83. The Bertz CT molecular complexity index is 390. The zero-order valence-electron chi connectivity index (χ0n) is 9.13. The van der Waals surface area contributed by atoms with E-state index in [1.165, 1.54) is 5.56 Å². The van der Waals surface area contributed by atoms with E-state index in [-0.39, 0.29) is 11.9 Å². The molecule has 0 saturated carbocycles. The fourth-order valence-corrected chi connectivity index (χ4v) is 2.66. The number of carbonyl (C=O) groups is 1. The minimum Gasteiger partial charge on any atom is -0.465 e. The number of benzene rings is 1. The van der Waals surface area contributed by atoms with E-state index in [4.69, 9.17) is 4.74 Å². The van der Waals surface area contributed by atoms with Gasteiger partial charge in [-0.1, -0.05) is 30.3 Å². The van der Waals surface area contributed by atoms with Gasteiger partial charge in [0.25, 0.3) is 0 Å². The van der Waals surface area contributed by atoms with E-state index in [2.05, 4.69) is 29.2 Å². The van der Waals surface area contributed by atoms with Crippen LogP contribution in [0.15, 0.2) is 30.3 Å². The van der Waals surface area contributed by atoms with Crippen molar-refractivity contribution in [3.05, 3.63) is 35.9 Å². The number of nitrogens with zero attached hydrogens (tertiary/aromatic N) is 1. The molecule has 1 aromatic rings. The molecule has 0 bridgehead atoms. The zero-order valence-corrected chi connectivity index (χ0v) is 9.13. The summed E-state index contributed by atoms with van der Waals surface area (Å²) in [6.07, 6.45) is 0. The highest BCUT2D eigenvalue weighted by Crippen LogP contribution is 2.30. The predicted octanol–water partition coefficient (Wildman–Crippen LogP) is 1.29. The van der Waals surface area contributed by atoms with Gasteiger partial charge >= 0.3 is 5.97 Å². The summed E-state index contributed by atoms with van der Waals surface area (Å²) in [7, 11) is 0. The highest BCUT2D eigenvalue weighted by molar-refractivity contribution is 5.75. The molecule has 3 heteroatoms. The maximum atomic E-state index is 11.4. The van der Waals surface area contributed by atoms with E-state index in [0.29, 0.717) is 12.5 Å². The predicted molar refractivity (Wildman–Crippen MR) is 59.7 cm³/mol. The van der Waals surface area contributed by atoms with Gasteiger partial charge in [0.1, 0.15) is 0 Å². The Balaban J connectivity index is 1.65. The third kappa shape index (κ3) is 1.71. The molecule has 84 valence electrons. The smallest absolute Gasteiger partial charge is 0.310 e. The quantitative estimate of drug-likeness (QED) is 0.699. The molecule has 0 amide bonds. The Morgan fingerprint density at radius 2 is 2.06 bits per heavy atom. The maximum Gasteiger partial charge on any atom is 0.310 e. The van der Waals surface area contributed by atoms with Crippen molar-refractivity contribution in [2.45, 2.75) is 6.54 Å². The standard InChI is InChI=1S/C13H15NO2/c15-13-12-8-14(7-11(12)9-16-13)6-10-4-2-1-3-5-10/h1-5,11-12H,6-9H2/t11-,12?/m1/s1. The molecule has 1 aromatic carbocycles. The number of ether oxygens (including phenoxy) is 1. The van der Waals surface area contributed by atoms with Crippen molar-refractivity contribution in [2.75, 3.05) is 19.7 Å². The van der Waals surface area contributed by atoms with Crippen LogP contribution in [0.1, 0.15) is 5.56 Å². The fourth-order valence-electron chi connectivity index (χ4n) is 2.66. The van der Waals surface area contributed by atoms with Crippen molar-refractivity contribution in [1.82, 2.24) is 4.90 Å². The number of hydrogen-bond donors (Lipinski definition) is 0. The Kier molecular flexibility index (Phi) is 2.40. The summed E-state index contributed by atoms with van der Waals surface area (Å²) in [5.74, 6) is 0.556. The largest absolute Gasteiger partial charge is 0.465 e. The number of hydrogen-bond acceptors (Lipinski definition) is 3. The SMILES string of the molecule is O=C1OC[C@H]2CN(Cc3ccccc3)CC12. The maximum absolute atomic E-state index is 11.4. The molecule has 2 heterocycles. The van der Waals surface area contributed by atoms with Crippen molar-refractivity contribution in [3.8, 4) is 0 Å². The molecule has 2 aliphatic heterocycles. The molecule has 2 atom stereocenters. The molecular weight excluding hydrogens is 202 g/mol. The number of likely N-dealkylation sites (tertiary alicyclic amines) is 1. The van der Waals surface area contributed by atoms with Gasteiger partial charge in [-0.15, -0.1) is 0 Å². The molecule has 2 fully saturated rings. The average Bonchev–Trinajstić information content (AvgIpc) is 2.83. The van der Waals surface area contributed by atoms with Crippen LogP contribution in [0.5, 0.6) is 0 Å². The van der Waals surface area contributed by atoms with Crippen molar-refractivity contribution in [3.63, 3.8) is 0 Å². The summed E-state index contributed by atoms with van der Waals surface area (Å²) in [5, 5.41) is 0. The molecule has 0 radical (unpaired) electrons. The van der Waals surface area contributed by atoms with Crippen LogP contribution < -0.4 is 0 Å². The molecule has 16 heavy (non-hydrogen) atoms. The second-order valence-electron chi connectivity index (χ2n) is 4.68. The minimum atomic E-state index is 0.000520. The zero-order chi connectivity index (χ0) is 11.0. The first-order valence-corrected chi connectivity index (χ1v) is 5.76. The summed E-state index contributed by atoms with van der Waals surface area (Å²) in [6.45, 7) is 3.42. The normalized spacial score (nSPS) is 29.1. The third-order valence-corrected chi connectivity index (χ3v) is 3.51. The van der Waals surface area contributed by atoms with Crippen LogP contribution in [-0.4, -0.2) is 30.6 Å². The second kappa shape index (κ2) is 3.91. The molecule has 0 aromatic heterocycles. The Labute approximate surface area is 95.0 Å². The van der Waals surface area contributed by atoms with E-state index in [1.807, 2.05) is 6.07 Å².